The van der Waals surface area contributed by atoms with Gasteiger partial charge in [0.1, 0.15) is 6.73 Å². The normalized spacial score (nSPS) is 13.0. The zero-order valence-electron chi connectivity index (χ0n) is 30.3. The van der Waals surface area contributed by atoms with Crippen LogP contribution in [0.25, 0.3) is 10.2 Å². The molecule has 0 amide bonds. The smallest absolute Gasteiger partial charge is 0.357 e. The summed E-state index contributed by atoms with van der Waals surface area (Å²) in [6.07, 6.45) is 2.87. The summed E-state index contributed by atoms with van der Waals surface area (Å²) in [7, 11) is -1.60. The van der Waals surface area contributed by atoms with Crippen molar-refractivity contribution in [3.63, 3.8) is 0 Å². The number of benzene rings is 1. The topological polar surface area (TPSA) is 104 Å². The van der Waals surface area contributed by atoms with Crippen LogP contribution >= 0.6 is 22.7 Å². The number of rotatable bonds is 16. The first-order valence-corrected chi connectivity index (χ1v) is 24.9. The van der Waals surface area contributed by atoms with Crippen LogP contribution < -0.4 is 9.70 Å². The second-order valence-corrected chi connectivity index (χ2v) is 27.1. The minimum atomic E-state index is -1.77. The Morgan fingerprint density at radius 2 is 1.79 bits per heavy atom. The SMILES string of the molecule is COC(=O)c1csc(N(CCCCCO[Si](C)(C)C(C)(C)C)c2cc(C)c(/N=c3\sc4ccccc4n3COCC[Si](C)(C)C)nn2)n1. The van der Waals surface area contributed by atoms with Crippen LogP contribution in [0.15, 0.2) is 40.7 Å². The van der Waals surface area contributed by atoms with Gasteiger partial charge in [0, 0.05) is 33.2 Å². The fourth-order valence-corrected chi connectivity index (χ4v) is 8.24. The molecule has 0 N–H and O–H groups in total. The molecule has 4 rings (SSSR count). The Morgan fingerprint density at radius 3 is 2.48 bits per heavy atom. The third kappa shape index (κ3) is 10.1. The van der Waals surface area contributed by atoms with Crippen LogP contribution in [0, 0.1) is 6.92 Å². The third-order valence-corrected chi connectivity index (χ3v) is 16.8. The molecule has 262 valence electrons. The van der Waals surface area contributed by atoms with Crippen LogP contribution in [-0.4, -0.2) is 69.0 Å². The molecule has 4 aromatic rings. The molecule has 14 heteroatoms. The summed E-state index contributed by atoms with van der Waals surface area (Å²) in [5, 5.41) is 11.8. The van der Waals surface area contributed by atoms with Gasteiger partial charge >= 0.3 is 5.97 Å². The molecular weight excluding hydrogens is 677 g/mol. The Hall–Kier alpha value is -2.76. The van der Waals surface area contributed by atoms with Crippen molar-refractivity contribution >= 4 is 72.0 Å². The van der Waals surface area contributed by atoms with Crippen LogP contribution in [-0.2, 0) is 20.6 Å². The molecule has 0 aliphatic carbocycles. The summed E-state index contributed by atoms with van der Waals surface area (Å²) in [6.45, 7) is 23.0. The maximum absolute atomic E-state index is 12.2. The highest BCUT2D eigenvalue weighted by Gasteiger charge is 2.36. The Kier molecular flexibility index (Phi) is 12.9. The van der Waals surface area contributed by atoms with Gasteiger partial charge in [-0.1, -0.05) is 63.9 Å². The van der Waals surface area contributed by atoms with Crippen molar-refractivity contribution in [2.45, 2.75) is 97.5 Å². The number of aryl methyl sites for hydroxylation is 1. The van der Waals surface area contributed by atoms with E-state index < -0.39 is 22.4 Å². The molecule has 0 bridgehead atoms. The summed E-state index contributed by atoms with van der Waals surface area (Å²) in [4.78, 5) is 24.6. The van der Waals surface area contributed by atoms with Crippen molar-refractivity contribution in [1.29, 1.82) is 0 Å². The minimum Gasteiger partial charge on any atom is -0.464 e. The molecule has 3 aromatic heterocycles. The average Bonchev–Trinajstić information content (AvgIpc) is 3.63. The molecule has 1 aromatic carbocycles. The number of aromatic nitrogens is 4. The predicted molar refractivity (Wildman–Crippen MR) is 203 cm³/mol. The van der Waals surface area contributed by atoms with Gasteiger partial charge in [0.2, 0.25) is 0 Å². The summed E-state index contributed by atoms with van der Waals surface area (Å²) < 4.78 is 20.7. The lowest BCUT2D eigenvalue weighted by molar-refractivity contribution is 0.0595. The fraction of sp³-hybridized carbons (Fsp3) is 0.559. The molecule has 0 saturated heterocycles. The number of unbranched alkanes of at least 4 members (excludes halogenated alkanes) is 2. The summed E-state index contributed by atoms with van der Waals surface area (Å²) in [6, 6.07) is 11.4. The number of thiazole rings is 2. The maximum atomic E-state index is 12.2. The van der Waals surface area contributed by atoms with Crippen LogP contribution in [0.4, 0.5) is 16.8 Å². The highest BCUT2D eigenvalue weighted by Crippen LogP contribution is 2.36. The van der Waals surface area contributed by atoms with Crippen molar-refractivity contribution in [1.82, 2.24) is 19.7 Å². The molecule has 10 nitrogen and oxygen atoms in total. The first-order chi connectivity index (χ1) is 22.6. The zero-order valence-corrected chi connectivity index (χ0v) is 33.9. The highest BCUT2D eigenvalue weighted by molar-refractivity contribution is 7.16. The fourth-order valence-electron chi connectivity index (χ4n) is 4.55. The van der Waals surface area contributed by atoms with E-state index in [2.05, 4.69) is 85.4 Å². The zero-order chi connectivity index (χ0) is 35.1. The number of para-hydroxylation sites is 1. The van der Waals surface area contributed by atoms with Gasteiger partial charge < -0.3 is 18.8 Å². The van der Waals surface area contributed by atoms with Crippen molar-refractivity contribution in [3.05, 3.63) is 51.8 Å². The molecule has 0 atom stereocenters. The number of anilines is 2. The molecule has 48 heavy (non-hydrogen) atoms. The molecule has 0 radical (unpaired) electrons. The van der Waals surface area contributed by atoms with Gasteiger partial charge in [-0.25, -0.2) is 9.78 Å². The Balaban J connectivity index is 1.55. The van der Waals surface area contributed by atoms with Gasteiger partial charge in [-0.2, -0.15) is 4.99 Å². The van der Waals surface area contributed by atoms with Crippen LogP contribution in [0.3, 0.4) is 0 Å². The number of hydrogen-bond donors (Lipinski definition) is 0. The van der Waals surface area contributed by atoms with E-state index >= 15 is 0 Å². The van der Waals surface area contributed by atoms with E-state index in [-0.39, 0.29) is 10.7 Å². The number of carbonyl (C=O) groups is 1. The van der Waals surface area contributed by atoms with Gasteiger partial charge in [-0.05, 0) is 74.1 Å². The number of methoxy groups -OCH3 is 1. The minimum absolute atomic E-state index is 0.194. The van der Waals surface area contributed by atoms with Crippen LogP contribution in [0.2, 0.25) is 43.8 Å². The molecular formula is C34H52N6O4S2Si2. The maximum Gasteiger partial charge on any atom is 0.357 e. The van der Waals surface area contributed by atoms with E-state index in [9.17, 15) is 4.79 Å². The van der Waals surface area contributed by atoms with E-state index in [0.717, 1.165) is 59.1 Å². The Bertz CT molecular complexity index is 1740. The first kappa shape index (κ1) is 38.1. The predicted octanol–water partition coefficient (Wildman–Crippen LogP) is 8.92. The quantitative estimate of drug-likeness (QED) is 0.0640. The molecule has 0 saturated carbocycles. The monoisotopic (exact) mass is 728 g/mol. The molecule has 0 aliphatic rings. The van der Waals surface area contributed by atoms with Crippen LogP contribution in [0.1, 0.15) is 56.1 Å². The Labute approximate surface area is 295 Å². The number of esters is 1. The number of carbonyl (C=O) groups excluding carboxylic acids is 1. The van der Waals surface area contributed by atoms with Gasteiger partial charge in [0.25, 0.3) is 0 Å². The third-order valence-electron chi connectivity index (χ3n) is 8.64. The van der Waals surface area contributed by atoms with E-state index in [1.54, 1.807) is 16.7 Å². The van der Waals surface area contributed by atoms with Gasteiger partial charge in [-0.15, -0.1) is 21.5 Å². The number of fused-ring (bicyclic) bond motifs is 1. The molecule has 3 heterocycles. The lowest BCUT2D eigenvalue weighted by atomic mass is 10.2. The summed E-state index contributed by atoms with van der Waals surface area (Å²) >= 11 is 3.00. The van der Waals surface area contributed by atoms with Crippen molar-refractivity contribution in [2.24, 2.45) is 4.99 Å². The standard InChI is InChI=1S/C34H52N6O4S2Si2/c1-25-22-29(37-38-30(25)36-33-40(24-43-20-21-47(6,7)8)27-16-12-13-17-28(27)46-33)39(32-35-26(23-45-32)31(41)42-5)18-14-11-15-19-44-48(9,10)34(2,3)4/h12-13,16-17,22-23H,11,14-15,18-21,24H2,1-10H3/b36-33-. The van der Waals surface area contributed by atoms with E-state index in [1.165, 1.54) is 18.4 Å². The molecule has 0 fully saturated rings. The largest absolute Gasteiger partial charge is 0.464 e. The van der Waals surface area contributed by atoms with Crippen molar-refractivity contribution in [3.8, 4) is 0 Å². The lowest BCUT2D eigenvalue weighted by Gasteiger charge is -2.36. The summed E-state index contributed by atoms with van der Waals surface area (Å²) in [5.41, 5.74) is 2.26. The van der Waals surface area contributed by atoms with E-state index in [1.807, 2.05) is 30.0 Å². The van der Waals surface area contributed by atoms with Gasteiger partial charge in [0.05, 0.1) is 17.3 Å². The second-order valence-electron chi connectivity index (χ2n) is 14.8. The van der Waals surface area contributed by atoms with Gasteiger partial charge in [-0.3, -0.25) is 4.57 Å². The number of nitrogens with zero attached hydrogens (tertiary/aromatic N) is 6. The highest BCUT2D eigenvalue weighted by atomic mass is 32.1. The van der Waals surface area contributed by atoms with Crippen molar-refractivity contribution < 1.29 is 18.7 Å². The number of ether oxygens (including phenoxy) is 2. The molecule has 0 spiro atoms. The lowest BCUT2D eigenvalue weighted by Crippen LogP contribution is -2.40. The second kappa shape index (κ2) is 16.3. The van der Waals surface area contributed by atoms with Crippen LogP contribution in [0.5, 0.6) is 0 Å². The molecule has 0 unspecified atom stereocenters. The number of hydrogen-bond acceptors (Lipinski definition) is 11. The average molecular weight is 729 g/mol. The first-order valence-electron chi connectivity index (χ1n) is 16.6. The van der Waals surface area contributed by atoms with Gasteiger partial charge in [0.15, 0.2) is 35.6 Å². The van der Waals surface area contributed by atoms with E-state index in [4.69, 9.17) is 18.9 Å². The summed E-state index contributed by atoms with van der Waals surface area (Å²) in [5.74, 6) is 0.754. The Morgan fingerprint density at radius 1 is 1.04 bits per heavy atom. The van der Waals surface area contributed by atoms with E-state index in [0.29, 0.717) is 30.0 Å². The van der Waals surface area contributed by atoms with Crippen molar-refractivity contribution in [2.75, 3.05) is 31.8 Å². The molecule has 0 aliphatic heterocycles.